The van der Waals surface area contributed by atoms with E-state index in [0.29, 0.717) is 13.0 Å². The van der Waals surface area contributed by atoms with Crippen molar-refractivity contribution in [3.63, 3.8) is 0 Å². The number of hydrogen-bond acceptors (Lipinski definition) is 2. The number of aromatic nitrogens is 2. The van der Waals surface area contributed by atoms with Gasteiger partial charge in [0.2, 0.25) is 5.91 Å². The van der Waals surface area contributed by atoms with Gasteiger partial charge in [0.1, 0.15) is 0 Å². The monoisotopic (exact) mass is 235 g/mol. The molecule has 0 aromatic carbocycles. The highest BCUT2D eigenvalue weighted by Crippen LogP contribution is 2.08. The molecule has 1 N–H and O–H groups in total. The quantitative estimate of drug-likeness (QED) is 0.812. The van der Waals surface area contributed by atoms with Gasteiger partial charge in [0.05, 0.1) is 6.20 Å². The molecule has 17 heavy (non-hydrogen) atoms. The minimum atomic E-state index is 0.0620. The normalized spacial score (nSPS) is 10.2. The largest absolute Gasteiger partial charge is 0.352 e. The zero-order valence-electron chi connectivity index (χ0n) is 11.3. The van der Waals surface area contributed by atoms with Crippen LogP contribution in [0.1, 0.15) is 38.4 Å². The molecular weight excluding hydrogens is 214 g/mol. The molecule has 0 atom stereocenters. The Kier molecular flexibility index (Phi) is 4.49. The zero-order valence-corrected chi connectivity index (χ0v) is 11.3. The van der Waals surface area contributed by atoms with Crippen molar-refractivity contribution in [1.82, 2.24) is 15.1 Å². The molecule has 1 rings (SSSR count). The fourth-order valence-electron chi connectivity index (χ4n) is 1.39. The second-order valence-corrected chi connectivity index (χ2v) is 4.61. The van der Waals surface area contributed by atoms with Crippen LogP contribution in [0.2, 0.25) is 0 Å². The van der Waals surface area contributed by atoms with Gasteiger partial charge in [0, 0.05) is 31.3 Å². The molecule has 0 radical (unpaired) electrons. The predicted molar refractivity (Wildman–Crippen MR) is 68.5 cm³/mol. The summed E-state index contributed by atoms with van der Waals surface area (Å²) < 4.78 is 1.81. The van der Waals surface area contributed by atoms with Gasteiger partial charge in [-0.15, -0.1) is 0 Å². The standard InChI is InChI=1S/C13H21N3O/c1-9(2)10(3)6-13(17)14-7-12-8-15-16(5)11(12)4/h8H,6-7H2,1-5H3,(H,14,17). The maximum absolute atomic E-state index is 11.7. The second-order valence-electron chi connectivity index (χ2n) is 4.61. The first kappa shape index (κ1) is 13.5. The first-order chi connectivity index (χ1) is 7.91. The molecule has 0 aliphatic carbocycles. The maximum atomic E-state index is 11.7. The van der Waals surface area contributed by atoms with Crippen LogP contribution in [0, 0.1) is 6.92 Å². The number of nitrogens with zero attached hydrogens (tertiary/aromatic N) is 2. The van der Waals surface area contributed by atoms with E-state index in [0.717, 1.165) is 16.8 Å². The summed E-state index contributed by atoms with van der Waals surface area (Å²) in [4.78, 5) is 11.7. The molecular formula is C13H21N3O. The van der Waals surface area contributed by atoms with Gasteiger partial charge in [-0.05, 0) is 27.7 Å². The van der Waals surface area contributed by atoms with Crippen LogP contribution in [0.5, 0.6) is 0 Å². The fraction of sp³-hybridized carbons (Fsp3) is 0.538. The van der Waals surface area contributed by atoms with E-state index in [1.807, 2.05) is 39.4 Å². The average molecular weight is 235 g/mol. The van der Waals surface area contributed by atoms with Gasteiger partial charge >= 0.3 is 0 Å². The van der Waals surface area contributed by atoms with Crippen LogP contribution in [-0.4, -0.2) is 15.7 Å². The lowest BCUT2D eigenvalue weighted by atomic mass is 10.1. The number of allylic oxidation sites excluding steroid dienone is 1. The predicted octanol–water partition coefficient (Wildman–Crippen LogP) is 2.09. The van der Waals surface area contributed by atoms with Gasteiger partial charge in [-0.3, -0.25) is 9.48 Å². The molecule has 1 aromatic heterocycles. The highest BCUT2D eigenvalue weighted by atomic mass is 16.1. The topological polar surface area (TPSA) is 46.9 Å². The number of nitrogens with one attached hydrogen (secondary N) is 1. The van der Waals surface area contributed by atoms with Crippen LogP contribution in [-0.2, 0) is 18.4 Å². The van der Waals surface area contributed by atoms with Crippen molar-refractivity contribution in [3.05, 3.63) is 28.6 Å². The summed E-state index contributed by atoms with van der Waals surface area (Å²) in [5, 5.41) is 7.05. The van der Waals surface area contributed by atoms with E-state index < -0.39 is 0 Å². The second kappa shape index (κ2) is 5.66. The molecule has 0 saturated carbocycles. The number of aryl methyl sites for hydroxylation is 1. The highest BCUT2D eigenvalue weighted by Gasteiger charge is 2.07. The molecule has 1 heterocycles. The molecule has 0 unspecified atom stereocenters. The minimum absolute atomic E-state index is 0.0620. The van der Waals surface area contributed by atoms with Gasteiger partial charge in [-0.25, -0.2) is 0 Å². The Hall–Kier alpha value is -1.58. The Morgan fingerprint density at radius 3 is 2.53 bits per heavy atom. The molecule has 1 aromatic rings. The molecule has 0 spiro atoms. The van der Waals surface area contributed by atoms with Crippen molar-refractivity contribution >= 4 is 5.91 Å². The summed E-state index contributed by atoms with van der Waals surface area (Å²) in [5.74, 6) is 0.0620. The third kappa shape index (κ3) is 3.73. The molecule has 0 fully saturated rings. The molecule has 0 aliphatic heterocycles. The van der Waals surface area contributed by atoms with E-state index in [1.54, 1.807) is 6.20 Å². The Morgan fingerprint density at radius 1 is 1.41 bits per heavy atom. The average Bonchev–Trinajstić information content (AvgIpc) is 2.57. The van der Waals surface area contributed by atoms with Crippen molar-refractivity contribution in [2.45, 2.75) is 40.7 Å². The summed E-state index contributed by atoms with van der Waals surface area (Å²) in [6.07, 6.45) is 2.27. The minimum Gasteiger partial charge on any atom is -0.352 e. The Morgan fingerprint density at radius 2 is 2.06 bits per heavy atom. The Labute approximate surface area is 103 Å². The summed E-state index contributed by atoms with van der Waals surface area (Å²) >= 11 is 0. The van der Waals surface area contributed by atoms with Crippen LogP contribution in [0.4, 0.5) is 0 Å². The van der Waals surface area contributed by atoms with Crippen LogP contribution in [0.15, 0.2) is 17.3 Å². The summed E-state index contributed by atoms with van der Waals surface area (Å²) in [7, 11) is 1.90. The number of hydrogen-bond donors (Lipinski definition) is 1. The zero-order chi connectivity index (χ0) is 13.0. The summed E-state index contributed by atoms with van der Waals surface area (Å²) in [5.41, 5.74) is 4.49. The number of rotatable bonds is 4. The van der Waals surface area contributed by atoms with Gasteiger partial charge in [-0.1, -0.05) is 11.1 Å². The van der Waals surface area contributed by atoms with Crippen molar-refractivity contribution in [3.8, 4) is 0 Å². The van der Waals surface area contributed by atoms with Crippen molar-refractivity contribution in [1.29, 1.82) is 0 Å². The molecule has 94 valence electrons. The van der Waals surface area contributed by atoms with E-state index in [4.69, 9.17) is 0 Å². The summed E-state index contributed by atoms with van der Waals surface area (Å²) in [6.45, 7) is 8.58. The smallest absolute Gasteiger partial charge is 0.224 e. The van der Waals surface area contributed by atoms with E-state index in [1.165, 1.54) is 5.57 Å². The van der Waals surface area contributed by atoms with E-state index >= 15 is 0 Å². The number of carbonyl (C=O) groups is 1. The molecule has 4 nitrogen and oxygen atoms in total. The maximum Gasteiger partial charge on any atom is 0.224 e. The van der Waals surface area contributed by atoms with Crippen LogP contribution >= 0.6 is 0 Å². The van der Waals surface area contributed by atoms with Crippen LogP contribution in [0.25, 0.3) is 0 Å². The molecule has 0 bridgehead atoms. The van der Waals surface area contributed by atoms with E-state index in [2.05, 4.69) is 10.4 Å². The van der Waals surface area contributed by atoms with Gasteiger partial charge in [0.25, 0.3) is 0 Å². The van der Waals surface area contributed by atoms with Gasteiger partial charge < -0.3 is 5.32 Å². The van der Waals surface area contributed by atoms with E-state index in [-0.39, 0.29) is 5.91 Å². The van der Waals surface area contributed by atoms with Crippen LogP contribution < -0.4 is 5.32 Å². The lowest BCUT2D eigenvalue weighted by Crippen LogP contribution is -2.23. The third-order valence-electron chi connectivity index (χ3n) is 3.09. The Bertz CT molecular complexity index is 440. The fourth-order valence-corrected chi connectivity index (χ4v) is 1.39. The number of amides is 1. The molecule has 4 heteroatoms. The Balaban J connectivity index is 2.49. The highest BCUT2D eigenvalue weighted by molar-refractivity contribution is 5.78. The SMILES string of the molecule is CC(C)=C(C)CC(=O)NCc1cnn(C)c1C. The lowest BCUT2D eigenvalue weighted by Gasteiger charge is -2.06. The molecule has 0 aliphatic rings. The van der Waals surface area contributed by atoms with Gasteiger partial charge in [-0.2, -0.15) is 5.10 Å². The molecule has 0 saturated heterocycles. The third-order valence-corrected chi connectivity index (χ3v) is 3.09. The lowest BCUT2D eigenvalue weighted by molar-refractivity contribution is -0.120. The van der Waals surface area contributed by atoms with Crippen molar-refractivity contribution < 1.29 is 4.79 Å². The van der Waals surface area contributed by atoms with Crippen molar-refractivity contribution in [2.24, 2.45) is 7.05 Å². The first-order valence-electron chi connectivity index (χ1n) is 5.79. The van der Waals surface area contributed by atoms with Crippen LogP contribution in [0.3, 0.4) is 0 Å². The number of carbonyl (C=O) groups excluding carboxylic acids is 1. The molecule has 1 amide bonds. The first-order valence-corrected chi connectivity index (χ1v) is 5.79. The van der Waals surface area contributed by atoms with Gasteiger partial charge in [0.15, 0.2) is 0 Å². The summed E-state index contributed by atoms with van der Waals surface area (Å²) in [6, 6.07) is 0. The van der Waals surface area contributed by atoms with E-state index in [9.17, 15) is 4.79 Å². The van der Waals surface area contributed by atoms with Crippen molar-refractivity contribution in [2.75, 3.05) is 0 Å².